The normalized spacial score (nSPS) is 18.0. The van der Waals surface area contributed by atoms with Gasteiger partial charge in [0, 0.05) is 51.0 Å². The summed E-state index contributed by atoms with van der Waals surface area (Å²) < 4.78 is 10.7. The van der Waals surface area contributed by atoms with E-state index in [0.29, 0.717) is 37.1 Å². The van der Waals surface area contributed by atoms with Crippen LogP contribution in [0.4, 0.5) is 5.82 Å². The van der Waals surface area contributed by atoms with E-state index in [1.54, 1.807) is 12.1 Å². The van der Waals surface area contributed by atoms with Crippen LogP contribution >= 0.6 is 0 Å². The molecule has 0 aromatic carbocycles. The lowest BCUT2D eigenvalue weighted by atomic mass is 10.2. The number of furan rings is 1. The number of hydrogen-bond donors (Lipinski definition) is 0. The molecule has 2 saturated heterocycles. The molecular weight excluding hydrogens is 408 g/mol. The smallest absolute Gasteiger partial charge is 0.289 e. The number of amides is 1. The molecule has 0 bridgehead atoms. The standard InChI is InChI=1S/C23H28N6O3/c30-23(19-6-5-15-31-19)29-13-11-27(12-14-29)17-21-25-22(26-32-21)18-7-8-20(24-16-18)28-9-3-1-2-4-10-28/h5-8,15-16H,1-4,9-14,17H2. The average Bonchev–Trinajstić information content (AvgIpc) is 3.46. The highest BCUT2D eigenvalue weighted by atomic mass is 16.5. The number of carbonyl (C=O) groups is 1. The first-order valence-corrected chi connectivity index (χ1v) is 11.4. The molecule has 0 unspecified atom stereocenters. The zero-order valence-corrected chi connectivity index (χ0v) is 18.2. The Labute approximate surface area is 187 Å². The molecule has 168 valence electrons. The van der Waals surface area contributed by atoms with Crippen LogP contribution in [0.15, 0.2) is 45.7 Å². The minimum Gasteiger partial charge on any atom is -0.459 e. The molecule has 0 aliphatic carbocycles. The van der Waals surface area contributed by atoms with Crippen LogP contribution in [-0.2, 0) is 6.54 Å². The Balaban J connectivity index is 1.15. The predicted molar refractivity (Wildman–Crippen MR) is 118 cm³/mol. The maximum atomic E-state index is 12.4. The van der Waals surface area contributed by atoms with E-state index in [9.17, 15) is 4.79 Å². The Bertz CT molecular complexity index is 1000. The van der Waals surface area contributed by atoms with Crippen LogP contribution in [0, 0.1) is 0 Å². The number of nitrogens with zero attached hydrogens (tertiary/aromatic N) is 6. The Morgan fingerprint density at radius 3 is 2.47 bits per heavy atom. The third-order valence-electron chi connectivity index (χ3n) is 6.15. The lowest BCUT2D eigenvalue weighted by molar-refractivity contribution is 0.0585. The van der Waals surface area contributed by atoms with Gasteiger partial charge in [0.2, 0.25) is 11.7 Å². The maximum Gasteiger partial charge on any atom is 0.289 e. The zero-order valence-electron chi connectivity index (χ0n) is 18.2. The van der Waals surface area contributed by atoms with Gasteiger partial charge in [0.15, 0.2) is 5.76 Å². The fourth-order valence-corrected chi connectivity index (χ4v) is 4.30. The fraction of sp³-hybridized carbons (Fsp3) is 0.478. The number of carbonyl (C=O) groups excluding carboxylic acids is 1. The second kappa shape index (κ2) is 9.52. The number of anilines is 1. The summed E-state index contributed by atoms with van der Waals surface area (Å²) in [4.78, 5) is 28.0. The summed E-state index contributed by atoms with van der Waals surface area (Å²) in [6, 6.07) is 7.49. The van der Waals surface area contributed by atoms with Crippen LogP contribution in [0.3, 0.4) is 0 Å². The topological polar surface area (TPSA) is 91.7 Å². The molecule has 0 radical (unpaired) electrons. The highest BCUT2D eigenvalue weighted by molar-refractivity contribution is 5.91. The summed E-state index contributed by atoms with van der Waals surface area (Å²) in [6.07, 6.45) is 8.40. The second-order valence-electron chi connectivity index (χ2n) is 8.36. The van der Waals surface area contributed by atoms with Crippen molar-refractivity contribution in [3.8, 4) is 11.4 Å². The van der Waals surface area contributed by atoms with Gasteiger partial charge in [-0.15, -0.1) is 0 Å². The first-order valence-electron chi connectivity index (χ1n) is 11.4. The van der Waals surface area contributed by atoms with Crippen LogP contribution in [0.1, 0.15) is 42.1 Å². The van der Waals surface area contributed by atoms with Crippen molar-refractivity contribution in [2.45, 2.75) is 32.2 Å². The lowest BCUT2D eigenvalue weighted by Gasteiger charge is -2.33. The third kappa shape index (κ3) is 4.67. The Hall–Kier alpha value is -3.20. The summed E-state index contributed by atoms with van der Waals surface area (Å²) in [5, 5.41) is 4.14. The molecule has 1 amide bonds. The molecule has 9 heteroatoms. The van der Waals surface area contributed by atoms with Crippen molar-refractivity contribution in [1.82, 2.24) is 24.9 Å². The van der Waals surface area contributed by atoms with Gasteiger partial charge in [-0.25, -0.2) is 4.98 Å². The van der Waals surface area contributed by atoms with Crippen molar-refractivity contribution in [3.05, 3.63) is 48.4 Å². The summed E-state index contributed by atoms with van der Waals surface area (Å²) in [5.41, 5.74) is 0.854. The van der Waals surface area contributed by atoms with Gasteiger partial charge in [-0.05, 0) is 37.1 Å². The molecular formula is C23H28N6O3. The van der Waals surface area contributed by atoms with Crippen LogP contribution in [-0.4, -0.2) is 70.1 Å². The number of rotatable bonds is 5. The Morgan fingerprint density at radius 2 is 1.78 bits per heavy atom. The molecule has 2 aliphatic heterocycles. The SMILES string of the molecule is O=C(c1ccco1)N1CCN(Cc2nc(-c3ccc(N4CCCCCC4)nc3)no2)CC1. The average molecular weight is 437 g/mol. The first kappa shape index (κ1) is 20.7. The molecule has 3 aromatic rings. The minimum atomic E-state index is -0.0640. The zero-order chi connectivity index (χ0) is 21.8. The summed E-state index contributed by atoms with van der Waals surface area (Å²) in [5.74, 6) is 2.46. The van der Waals surface area contributed by atoms with E-state index in [1.807, 2.05) is 23.2 Å². The van der Waals surface area contributed by atoms with E-state index in [0.717, 1.165) is 37.6 Å². The van der Waals surface area contributed by atoms with Crippen molar-refractivity contribution < 1.29 is 13.7 Å². The molecule has 0 spiro atoms. The first-order chi connectivity index (χ1) is 15.8. The molecule has 0 N–H and O–H groups in total. The fourth-order valence-electron chi connectivity index (χ4n) is 4.30. The second-order valence-corrected chi connectivity index (χ2v) is 8.36. The summed E-state index contributed by atoms with van der Waals surface area (Å²) in [6.45, 7) is 5.48. The highest BCUT2D eigenvalue weighted by Gasteiger charge is 2.25. The van der Waals surface area contributed by atoms with Gasteiger partial charge >= 0.3 is 0 Å². The van der Waals surface area contributed by atoms with E-state index in [1.165, 1.54) is 31.9 Å². The van der Waals surface area contributed by atoms with E-state index < -0.39 is 0 Å². The van der Waals surface area contributed by atoms with Gasteiger partial charge < -0.3 is 18.7 Å². The predicted octanol–water partition coefficient (Wildman–Crippen LogP) is 3.06. The number of piperazine rings is 1. The quantitative estimate of drug-likeness (QED) is 0.603. The molecule has 0 saturated carbocycles. The van der Waals surface area contributed by atoms with Crippen LogP contribution in [0.5, 0.6) is 0 Å². The molecule has 9 nitrogen and oxygen atoms in total. The number of aromatic nitrogens is 3. The maximum absolute atomic E-state index is 12.4. The van der Waals surface area contributed by atoms with Gasteiger partial charge in [-0.2, -0.15) is 4.98 Å². The van der Waals surface area contributed by atoms with Crippen molar-refractivity contribution in [3.63, 3.8) is 0 Å². The monoisotopic (exact) mass is 436 g/mol. The van der Waals surface area contributed by atoms with Crippen LogP contribution in [0.25, 0.3) is 11.4 Å². The van der Waals surface area contributed by atoms with Crippen LogP contribution < -0.4 is 4.90 Å². The number of hydrogen-bond acceptors (Lipinski definition) is 8. The van der Waals surface area contributed by atoms with Crippen molar-refractivity contribution in [2.75, 3.05) is 44.2 Å². The van der Waals surface area contributed by atoms with Crippen LogP contribution in [0.2, 0.25) is 0 Å². The van der Waals surface area contributed by atoms with Crippen molar-refractivity contribution >= 4 is 11.7 Å². The molecule has 3 aromatic heterocycles. The van der Waals surface area contributed by atoms with E-state index in [2.05, 4.69) is 24.9 Å². The van der Waals surface area contributed by atoms with E-state index in [-0.39, 0.29) is 5.91 Å². The van der Waals surface area contributed by atoms with Crippen molar-refractivity contribution in [1.29, 1.82) is 0 Å². The van der Waals surface area contributed by atoms with Gasteiger partial charge in [0.25, 0.3) is 5.91 Å². The van der Waals surface area contributed by atoms with Crippen molar-refractivity contribution in [2.24, 2.45) is 0 Å². The van der Waals surface area contributed by atoms with Gasteiger partial charge in [-0.1, -0.05) is 18.0 Å². The molecule has 2 aliphatic rings. The van der Waals surface area contributed by atoms with E-state index in [4.69, 9.17) is 8.94 Å². The highest BCUT2D eigenvalue weighted by Crippen LogP contribution is 2.21. The molecule has 0 atom stereocenters. The molecule has 2 fully saturated rings. The molecule has 5 heterocycles. The molecule has 5 rings (SSSR count). The van der Waals surface area contributed by atoms with E-state index >= 15 is 0 Å². The largest absolute Gasteiger partial charge is 0.459 e. The minimum absolute atomic E-state index is 0.0640. The summed E-state index contributed by atoms with van der Waals surface area (Å²) >= 11 is 0. The third-order valence-corrected chi connectivity index (χ3v) is 6.15. The number of pyridine rings is 1. The molecule has 32 heavy (non-hydrogen) atoms. The van der Waals surface area contributed by atoms with Gasteiger partial charge in [0.05, 0.1) is 12.8 Å². The Kier molecular flexibility index (Phi) is 6.15. The van der Waals surface area contributed by atoms with Gasteiger partial charge in [0.1, 0.15) is 5.82 Å². The summed E-state index contributed by atoms with van der Waals surface area (Å²) in [7, 11) is 0. The lowest BCUT2D eigenvalue weighted by Crippen LogP contribution is -2.48. The Morgan fingerprint density at radius 1 is 0.969 bits per heavy atom. The van der Waals surface area contributed by atoms with Gasteiger partial charge in [-0.3, -0.25) is 9.69 Å².